The van der Waals surface area contributed by atoms with E-state index in [1.54, 1.807) is 0 Å². The van der Waals surface area contributed by atoms with Gasteiger partial charge in [-0.25, -0.2) is 0 Å². The fourth-order valence-corrected chi connectivity index (χ4v) is 2.57. The molecule has 126 valence electrons. The van der Waals surface area contributed by atoms with E-state index in [1.807, 2.05) is 0 Å². The molecule has 0 radical (unpaired) electrons. The van der Waals surface area contributed by atoms with Crippen LogP contribution in [0.25, 0.3) is 0 Å². The molecule has 0 aliphatic rings. The van der Waals surface area contributed by atoms with E-state index in [4.69, 9.17) is 5.11 Å². The molecular weight excluding hydrogens is 262 g/mol. The Balaban J connectivity index is 2.95. The summed E-state index contributed by atoms with van der Waals surface area (Å²) in [7, 11) is 0. The van der Waals surface area contributed by atoms with Crippen LogP contribution in [0.5, 0.6) is 0 Å². The molecule has 3 nitrogen and oxygen atoms in total. The second kappa shape index (κ2) is 17.5. The van der Waals surface area contributed by atoms with Crippen LogP contribution in [0.2, 0.25) is 0 Å². The number of rotatable bonds is 17. The van der Waals surface area contributed by atoms with Gasteiger partial charge in [-0.3, -0.25) is 4.79 Å². The maximum atomic E-state index is 10.3. The lowest BCUT2D eigenvalue weighted by Gasteiger charge is -2.05. The number of nitrogens with one attached hydrogen (secondary N) is 1. The Morgan fingerprint density at radius 1 is 0.714 bits per heavy atom. The highest BCUT2D eigenvalue weighted by molar-refractivity contribution is 5.66. The summed E-state index contributed by atoms with van der Waals surface area (Å²) in [5.74, 6) is -0.659. The lowest BCUT2D eigenvalue weighted by Crippen LogP contribution is -2.16. The molecule has 0 unspecified atom stereocenters. The molecule has 0 aliphatic carbocycles. The van der Waals surface area contributed by atoms with Gasteiger partial charge in [-0.2, -0.15) is 0 Å². The summed E-state index contributed by atoms with van der Waals surface area (Å²) in [5, 5.41) is 12.1. The SMILES string of the molecule is CCCCCCCNCCCCCCCCCCC(=O)O. The first kappa shape index (κ1) is 20.4. The third-order valence-electron chi connectivity index (χ3n) is 3.95. The second-order valence-electron chi connectivity index (χ2n) is 6.14. The van der Waals surface area contributed by atoms with Crippen molar-refractivity contribution < 1.29 is 9.90 Å². The Morgan fingerprint density at radius 2 is 1.14 bits per heavy atom. The topological polar surface area (TPSA) is 49.3 Å². The van der Waals surface area contributed by atoms with Crippen molar-refractivity contribution >= 4 is 5.97 Å². The van der Waals surface area contributed by atoms with E-state index in [-0.39, 0.29) is 0 Å². The molecule has 0 bridgehead atoms. The molecule has 2 N–H and O–H groups in total. The highest BCUT2D eigenvalue weighted by Crippen LogP contribution is 2.09. The first-order chi connectivity index (χ1) is 10.3. The molecular formula is C18H37NO2. The van der Waals surface area contributed by atoms with E-state index in [0.29, 0.717) is 6.42 Å². The minimum atomic E-state index is -0.659. The highest BCUT2D eigenvalue weighted by atomic mass is 16.4. The molecule has 21 heavy (non-hydrogen) atoms. The lowest BCUT2D eigenvalue weighted by atomic mass is 10.1. The first-order valence-electron chi connectivity index (χ1n) is 9.20. The summed E-state index contributed by atoms with van der Waals surface area (Å²) in [5.41, 5.74) is 0. The van der Waals surface area contributed by atoms with Gasteiger partial charge in [0.2, 0.25) is 0 Å². The van der Waals surface area contributed by atoms with Crippen LogP contribution >= 0.6 is 0 Å². The van der Waals surface area contributed by atoms with Crippen molar-refractivity contribution in [3.63, 3.8) is 0 Å². The fraction of sp³-hybridized carbons (Fsp3) is 0.944. The monoisotopic (exact) mass is 299 g/mol. The van der Waals surface area contributed by atoms with Crippen LogP contribution in [0.3, 0.4) is 0 Å². The molecule has 0 aromatic heterocycles. The Bertz CT molecular complexity index is 219. The number of hydrogen-bond donors (Lipinski definition) is 2. The van der Waals surface area contributed by atoms with E-state index >= 15 is 0 Å². The van der Waals surface area contributed by atoms with E-state index in [9.17, 15) is 4.79 Å². The van der Waals surface area contributed by atoms with Gasteiger partial charge in [0.15, 0.2) is 0 Å². The Morgan fingerprint density at radius 3 is 1.62 bits per heavy atom. The van der Waals surface area contributed by atoms with Gasteiger partial charge in [0.1, 0.15) is 0 Å². The average Bonchev–Trinajstić information content (AvgIpc) is 2.46. The molecule has 0 atom stereocenters. The van der Waals surface area contributed by atoms with E-state index in [1.165, 1.54) is 83.7 Å². The summed E-state index contributed by atoms with van der Waals surface area (Å²) >= 11 is 0. The summed E-state index contributed by atoms with van der Waals surface area (Å²) in [6.07, 6.45) is 16.8. The molecule has 0 aliphatic heterocycles. The zero-order chi connectivity index (χ0) is 15.6. The van der Waals surface area contributed by atoms with E-state index in [0.717, 1.165) is 12.8 Å². The standard InChI is InChI=1S/C18H37NO2/c1-2-3-4-10-13-16-19-17-14-11-8-6-5-7-9-12-15-18(20)21/h19H,2-17H2,1H3,(H,20,21). The predicted octanol–water partition coefficient (Wildman–Crippen LogP) is 5.14. The summed E-state index contributed by atoms with van der Waals surface area (Å²) < 4.78 is 0. The molecule has 0 spiro atoms. The summed E-state index contributed by atoms with van der Waals surface area (Å²) in [6.45, 7) is 4.62. The minimum absolute atomic E-state index is 0.337. The van der Waals surface area contributed by atoms with Gasteiger partial charge in [0, 0.05) is 6.42 Å². The van der Waals surface area contributed by atoms with Gasteiger partial charge in [-0.05, 0) is 32.4 Å². The Kier molecular flexibility index (Phi) is 17.0. The van der Waals surface area contributed by atoms with Crippen LogP contribution in [-0.4, -0.2) is 24.2 Å². The van der Waals surface area contributed by atoms with Crippen LogP contribution in [0.4, 0.5) is 0 Å². The molecule has 0 saturated carbocycles. The number of hydrogen-bond acceptors (Lipinski definition) is 2. The van der Waals surface area contributed by atoms with Gasteiger partial charge in [0.25, 0.3) is 0 Å². The van der Waals surface area contributed by atoms with Crippen molar-refractivity contribution in [3.8, 4) is 0 Å². The maximum Gasteiger partial charge on any atom is 0.303 e. The first-order valence-corrected chi connectivity index (χ1v) is 9.20. The minimum Gasteiger partial charge on any atom is -0.481 e. The molecule has 0 rings (SSSR count). The molecule has 0 heterocycles. The van der Waals surface area contributed by atoms with Gasteiger partial charge in [0.05, 0.1) is 0 Å². The normalized spacial score (nSPS) is 10.9. The van der Waals surface area contributed by atoms with Gasteiger partial charge >= 0.3 is 5.97 Å². The van der Waals surface area contributed by atoms with Crippen molar-refractivity contribution in [2.24, 2.45) is 0 Å². The van der Waals surface area contributed by atoms with Gasteiger partial charge < -0.3 is 10.4 Å². The molecule has 0 saturated heterocycles. The van der Waals surface area contributed by atoms with Crippen molar-refractivity contribution in [3.05, 3.63) is 0 Å². The molecule has 3 heteroatoms. The lowest BCUT2D eigenvalue weighted by molar-refractivity contribution is -0.137. The van der Waals surface area contributed by atoms with Gasteiger partial charge in [-0.15, -0.1) is 0 Å². The number of carboxylic acid groups (broad SMARTS) is 1. The zero-order valence-electron chi connectivity index (χ0n) is 14.2. The van der Waals surface area contributed by atoms with Crippen molar-refractivity contribution in [1.29, 1.82) is 0 Å². The summed E-state index contributed by atoms with van der Waals surface area (Å²) in [4.78, 5) is 10.3. The number of carboxylic acids is 1. The number of aliphatic carboxylic acids is 1. The van der Waals surface area contributed by atoms with Crippen LogP contribution in [0, 0.1) is 0 Å². The molecule has 0 aromatic rings. The van der Waals surface area contributed by atoms with Crippen LogP contribution in [0.1, 0.15) is 96.8 Å². The van der Waals surface area contributed by atoms with Gasteiger partial charge in [-0.1, -0.05) is 71.1 Å². The third-order valence-corrected chi connectivity index (χ3v) is 3.95. The molecule has 0 amide bonds. The molecule has 0 fully saturated rings. The van der Waals surface area contributed by atoms with Crippen molar-refractivity contribution in [2.45, 2.75) is 96.8 Å². The highest BCUT2D eigenvalue weighted by Gasteiger charge is 1.96. The fourth-order valence-electron chi connectivity index (χ4n) is 2.57. The van der Waals surface area contributed by atoms with Crippen molar-refractivity contribution in [1.82, 2.24) is 5.32 Å². The number of unbranched alkanes of at least 4 members (excludes halogenated alkanes) is 11. The second-order valence-corrected chi connectivity index (χ2v) is 6.14. The number of carbonyl (C=O) groups is 1. The quantitative estimate of drug-likeness (QED) is 0.365. The third kappa shape index (κ3) is 19.4. The zero-order valence-corrected chi connectivity index (χ0v) is 14.2. The largest absolute Gasteiger partial charge is 0.481 e. The Hall–Kier alpha value is -0.570. The molecule has 0 aromatic carbocycles. The van der Waals surface area contributed by atoms with Crippen molar-refractivity contribution in [2.75, 3.05) is 13.1 Å². The summed E-state index contributed by atoms with van der Waals surface area (Å²) in [6, 6.07) is 0. The average molecular weight is 299 g/mol. The smallest absolute Gasteiger partial charge is 0.303 e. The Labute approximate surface area is 131 Å². The van der Waals surface area contributed by atoms with Crippen LogP contribution < -0.4 is 5.32 Å². The van der Waals surface area contributed by atoms with E-state index < -0.39 is 5.97 Å². The predicted molar refractivity (Wildman–Crippen MR) is 90.8 cm³/mol. The van der Waals surface area contributed by atoms with Crippen LogP contribution in [-0.2, 0) is 4.79 Å². The van der Waals surface area contributed by atoms with E-state index in [2.05, 4.69) is 12.2 Å². The van der Waals surface area contributed by atoms with Crippen LogP contribution in [0.15, 0.2) is 0 Å². The maximum absolute atomic E-state index is 10.3.